The molecule has 0 radical (unpaired) electrons. The van der Waals surface area contributed by atoms with Gasteiger partial charge >= 0.3 is 0 Å². The molecule has 5 rings (SSSR count). The molecule has 0 unspecified atom stereocenters. The fraction of sp³-hybridized carbons (Fsp3) is 0.200. The van der Waals surface area contributed by atoms with Crippen LogP contribution in [-0.2, 0) is 4.79 Å². The smallest absolute Gasteiger partial charge is 0.247 e. The number of benzene rings is 3. The number of rotatable bonds is 4. The second-order valence-electron chi connectivity index (χ2n) is 7.46. The molecule has 0 saturated carbocycles. The summed E-state index contributed by atoms with van der Waals surface area (Å²) in [5.41, 5.74) is 2.78. The first-order valence-corrected chi connectivity index (χ1v) is 11.6. The number of nitrogens with zero attached hydrogens (tertiary/aromatic N) is 4. The number of para-hydroxylation sites is 1. The quantitative estimate of drug-likeness (QED) is 0.386. The van der Waals surface area contributed by atoms with Crippen LogP contribution in [0.4, 0.5) is 5.69 Å². The number of carbonyl (C=O) groups excluding carboxylic acids is 1. The highest BCUT2D eigenvalue weighted by Crippen LogP contribution is 2.45. The minimum atomic E-state index is -0.753. The van der Waals surface area contributed by atoms with Crippen LogP contribution >= 0.6 is 11.8 Å². The zero-order valence-electron chi connectivity index (χ0n) is 18.5. The lowest BCUT2D eigenvalue weighted by Gasteiger charge is -2.30. The number of ether oxygens (including phenoxy) is 2. The van der Waals surface area contributed by atoms with Crippen LogP contribution in [0.3, 0.4) is 0 Å². The van der Waals surface area contributed by atoms with E-state index in [-0.39, 0.29) is 5.91 Å². The largest absolute Gasteiger partial charge is 0.496 e. The van der Waals surface area contributed by atoms with E-state index in [4.69, 9.17) is 9.47 Å². The van der Waals surface area contributed by atoms with Gasteiger partial charge in [-0.1, -0.05) is 61.2 Å². The number of thioether (sulfide) groups is 1. The highest BCUT2D eigenvalue weighted by molar-refractivity contribution is 7.99. The first-order chi connectivity index (χ1) is 16.1. The van der Waals surface area contributed by atoms with Crippen molar-refractivity contribution in [2.45, 2.75) is 25.2 Å². The highest BCUT2D eigenvalue weighted by Gasteiger charge is 2.35. The zero-order valence-corrected chi connectivity index (χ0v) is 19.3. The summed E-state index contributed by atoms with van der Waals surface area (Å²) in [7, 11) is 1.65. The first-order valence-electron chi connectivity index (χ1n) is 10.6. The lowest BCUT2D eigenvalue weighted by molar-refractivity contribution is -0.118. The molecule has 1 aliphatic rings. The Morgan fingerprint density at radius 2 is 1.82 bits per heavy atom. The van der Waals surface area contributed by atoms with Crippen LogP contribution in [0.1, 0.15) is 25.6 Å². The average Bonchev–Trinajstić information content (AvgIpc) is 2.98. The van der Waals surface area contributed by atoms with E-state index in [1.54, 1.807) is 12.0 Å². The molecule has 0 N–H and O–H groups in total. The lowest BCUT2D eigenvalue weighted by Crippen LogP contribution is -2.36. The van der Waals surface area contributed by atoms with Gasteiger partial charge in [0.15, 0.2) is 5.69 Å². The van der Waals surface area contributed by atoms with Gasteiger partial charge in [-0.25, -0.2) is 0 Å². The maximum absolute atomic E-state index is 13.0. The second-order valence-corrected chi connectivity index (χ2v) is 8.69. The summed E-state index contributed by atoms with van der Waals surface area (Å²) in [5, 5.41) is 11.1. The maximum Gasteiger partial charge on any atom is 0.247 e. The van der Waals surface area contributed by atoms with E-state index < -0.39 is 6.23 Å². The van der Waals surface area contributed by atoms with Crippen molar-refractivity contribution in [2.24, 2.45) is 0 Å². The Labute approximate surface area is 195 Å². The molecular weight excluding hydrogens is 436 g/mol. The lowest BCUT2D eigenvalue weighted by atomic mass is 10.0. The Balaban J connectivity index is 1.78. The van der Waals surface area contributed by atoms with Crippen LogP contribution in [0.25, 0.3) is 22.0 Å². The second kappa shape index (κ2) is 8.71. The summed E-state index contributed by atoms with van der Waals surface area (Å²) < 4.78 is 12.1. The fourth-order valence-corrected chi connectivity index (χ4v) is 4.64. The van der Waals surface area contributed by atoms with Crippen molar-refractivity contribution in [1.29, 1.82) is 0 Å². The molecule has 8 heteroatoms. The topological polar surface area (TPSA) is 77.4 Å². The standard InChI is InChI=1S/C25H22N4O3S/c1-4-33-25-26-23-22(27-28-25)19-11-7-8-12-20(19)29(15(2)30)24(32-23)18-13-14-21(31-3)17-10-6-5-9-16(17)18/h5-14,24H,4H2,1-3H3/t24-/m0/s1. The van der Waals surface area contributed by atoms with E-state index in [1.807, 2.05) is 67.6 Å². The summed E-state index contributed by atoms with van der Waals surface area (Å²) in [6.45, 7) is 3.56. The van der Waals surface area contributed by atoms with Crippen LogP contribution in [0, 0.1) is 0 Å². The van der Waals surface area contributed by atoms with E-state index in [1.165, 1.54) is 18.7 Å². The van der Waals surface area contributed by atoms with Crippen molar-refractivity contribution in [3.05, 3.63) is 66.2 Å². The van der Waals surface area contributed by atoms with Crippen molar-refractivity contribution in [3.8, 4) is 22.9 Å². The predicted molar refractivity (Wildman–Crippen MR) is 129 cm³/mol. The van der Waals surface area contributed by atoms with E-state index in [9.17, 15) is 4.79 Å². The molecule has 0 aliphatic carbocycles. The van der Waals surface area contributed by atoms with E-state index in [2.05, 4.69) is 15.2 Å². The number of fused-ring (bicyclic) bond motifs is 4. The Morgan fingerprint density at radius 3 is 2.58 bits per heavy atom. The molecule has 33 heavy (non-hydrogen) atoms. The summed E-state index contributed by atoms with van der Waals surface area (Å²) in [6, 6.07) is 19.3. The normalized spacial score (nSPS) is 14.8. The number of methoxy groups -OCH3 is 1. The Bertz CT molecular complexity index is 1360. The molecule has 2 heterocycles. The van der Waals surface area contributed by atoms with Crippen molar-refractivity contribution in [2.75, 3.05) is 17.8 Å². The van der Waals surface area contributed by atoms with E-state index in [0.717, 1.165) is 33.4 Å². The van der Waals surface area contributed by atoms with Crippen molar-refractivity contribution >= 4 is 34.1 Å². The number of amides is 1. The van der Waals surface area contributed by atoms with Crippen molar-refractivity contribution in [3.63, 3.8) is 0 Å². The average molecular weight is 459 g/mol. The molecule has 1 amide bonds. The van der Waals surface area contributed by atoms with Gasteiger partial charge in [0, 0.05) is 23.4 Å². The Hall–Kier alpha value is -3.65. The van der Waals surface area contributed by atoms with Gasteiger partial charge in [0.2, 0.25) is 23.2 Å². The molecule has 0 fully saturated rings. The van der Waals surface area contributed by atoms with Gasteiger partial charge in [-0.15, -0.1) is 10.2 Å². The molecule has 166 valence electrons. The third-order valence-electron chi connectivity index (χ3n) is 5.53. The van der Waals surface area contributed by atoms with E-state index >= 15 is 0 Å². The molecule has 1 aromatic heterocycles. The zero-order chi connectivity index (χ0) is 22.9. The number of anilines is 1. The summed E-state index contributed by atoms with van der Waals surface area (Å²) in [5.74, 6) is 1.76. The molecule has 1 aliphatic heterocycles. The first kappa shape index (κ1) is 21.2. The van der Waals surface area contributed by atoms with Crippen molar-refractivity contribution in [1.82, 2.24) is 15.2 Å². The third kappa shape index (κ3) is 3.66. The number of aromatic nitrogens is 3. The SMILES string of the molecule is CCSc1nnc2c(n1)O[C@@H](c1ccc(OC)c3ccccc13)N(C(C)=O)c1ccccc1-2. The minimum absolute atomic E-state index is 0.156. The van der Waals surface area contributed by atoms with Gasteiger partial charge in [0.05, 0.1) is 12.8 Å². The third-order valence-corrected chi connectivity index (χ3v) is 6.25. The van der Waals surface area contributed by atoms with Gasteiger partial charge in [0.25, 0.3) is 0 Å². The van der Waals surface area contributed by atoms with Crippen LogP contribution < -0.4 is 14.4 Å². The monoisotopic (exact) mass is 458 g/mol. The molecule has 1 atom stereocenters. The Kier molecular flexibility index (Phi) is 5.60. The maximum atomic E-state index is 13.0. The van der Waals surface area contributed by atoms with Crippen molar-refractivity contribution < 1.29 is 14.3 Å². The molecule has 3 aromatic carbocycles. The van der Waals surface area contributed by atoms with Crippen LogP contribution in [0.5, 0.6) is 11.6 Å². The van der Waals surface area contributed by atoms with Gasteiger partial charge in [-0.3, -0.25) is 9.69 Å². The van der Waals surface area contributed by atoms with Crippen LogP contribution in [-0.4, -0.2) is 34.0 Å². The molecular formula is C25H22N4O3S. The molecule has 0 saturated heterocycles. The van der Waals surface area contributed by atoms with Gasteiger partial charge in [-0.05, 0) is 29.3 Å². The molecule has 0 bridgehead atoms. The highest BCUT2D eigenvalue weighted by atomic mass is 32.2. The van der Waals surface area contributed by atoms with E-state index in [0.29, 0.717) is 22.4 Å². The minimum Gasteiger partial charge on any atom is -0.496 e. The fourth-order valence-electron chi connectivity index (χ4n) is 4.13. The molecule has 7 nitrogen and oxygen atoms in total. The van der Waals surface area contributed by atoms with Crippen LogP contribution in [0.15, 0.2) is 65.8 Å². The summed E-state index contributed by atoms with van der Waals surface area (Å²) in [4.78, 5) is 19.3. The van der Waals surface area contributed by atoms with Gasteiger partial charge < -0.3 is 9.47 Å². The number of hydrogen-bond acceptors (Lipinski definition) is 7. The van der Waals surface area contributed by atoms with Gasteiger partial charge in [0.1, 0.15) is 5.75 Å². The van der Waals surface area contributed by atoms with Gasteiger partial charge in [-0.2, -0.15) is 4.98 Å². The summed E-state index contributed by atoms with van der Waals surface area (Å²) in [6.07, 6.45) is -0.753. The number of hydrogen-bond donors (Lipinski definition) is 0. The van der Waals surface area contributed by atoms with Crippen LogP contribution in [0.2, 0.25) is 0 Å². The predicted octanol–water partition coefficient (Wildman–Crippen LogP) is 5.26. The summed E-state index contributed by atoms with van der Waals surface area (Å²) >= 11 is 1.49. The molecule has 0 spiro atoms. The number of carbonyl (C=O) groups is 1. The molecule has 4 aromatic rings. The Morgan fingerprint density at radius 1 is 1.06 bits per heavy atom.